The Kier molecular flexibility index (Phi) is 5.69. The van der Waals surface area contributed by atoms with Crippen LogP contribution in [0.25, 0.3) is 0 Å². The molecule has 2 aromatic carbocycles. The van der Waals surface area contributed by atoms with Crippen LogP contribution in [0.4, 0.5) is 0 Å². The monoisotopic (exact) mass is 368 g/mol. The first-order chi connectivity index (χ1) is 13.0. The standard InChI is InChI=1S/C21H20O6/c1-13-12-16(26-20(24)14-8-4-2-5-9-14)19(18(23)17(13)22)27-21(25)15-10-6-3-7-11-15/h2-12,16-19,22-23H,1H3/t16-,17-,18-,19-/m1/s1. The van der Waals surface area contributed by atoms with Crippen molar-refractivity contribution >= 4 is 11.9 Å². The van der Waals surface area contributed by atoms with Crippen molar-refractivity contribution in [3.05, 3.63) is 83.4 Å². The lowest BCUT2D eigenvalue weighted by atomic mass is 9.90. The number of carbonyl (C=O) groups is 2. The number of esters is 2. The molecule has 6 nitrogen and oxygen atoms in total. The third kappa shape index (κ3) is 4.24. The van der Waals surface area contributed by atoms with Crippen LogP contribution >= 0.6 is 0 Å². The molecule has 0 bridgehead atoms. The van der Waals surface area contributed by atoms with Crippen molar-refractivity contribution < 1.29 is 29.3 Å². The molecule has 0 heterocycles. The second-order valence-corrected chi connectivity index (χ2v) is 6.32. The first kappa shape index (κ1) is 18.8. The average Bonchev–Trinajstić information content (AvgIpc) is 2.70. The van der Waals surface area contributed by atoms with Crippen LogP contribution in [0.3, 0.4) is 0 Å². The van der Waals surface area contributed by atoms with Gasteiger partial charge < -0.3 is 19.7 Å². The third-order valence-corrected chi connectivity index (χ3v) is 4.38. The molecule has 0 radical (unpaired) electrons. The molecule has 0 aromatic heterocycles. The largest absolute Gasteiger partial charge is 0.452 e. The Morgan fingerprint density at radius 1 is 0.815 bits per heavy atom. The lowest BCUT2D eigenvalue weighted by Crippen LogP contribution is -2.51. The summed E-state index contributed by atoms with van der Waals surface area (Å²) in [6.07, 6.45) is -3.41. The van der Waals surface area contributed by atoms with Crippen molar-refractivity contribution in [2.45, 2.75) is 31.3 Å². The van der Waals surface area contributed by atoms with E-state index in [2.05, 4.69) is 0 Å². The molecule has 140 valence electrons. The SMILES string of the molecule is CC1=C[C@@H](OC(=O)c2ccccc2)[C@@H](OC(=O)c2ccccc2)[C@H](O)[C@@H]1O. The quantitative estimate of drug-likeness (QED) is 0.634. The van der Waals surface area contributed by atoms with Gasteiger partial charge in [0.05, 0.1) is 11.1 Å². The minimum atomic E-state index is -1.42. The van der Waals surface area contributed by atoms with E-state index in [0.29, 0.717) is 16.7 Å². The van der Waals surface area contributed by atoms with Crippen molar-refractivity contribution in [1.29, 1.82) is 0 Å². The minimum absolute atomic E-state index is 0.290. The molecule has 0 saturated carbocycles. The zero-order valence-electron chi connectivity index (χ0n) is 14.7. The Balaban J connectivity index is 1.82. The molecular weight excluding hydrogens is 348 g/mol. The fourth-order valence-corrected chi connectivity index (χ4v) is 2.87. The zero-order valence-corrected chi connectivity index (χ0v) is 14.7. The van der Waals surface area contributed by atoms with Gasteiger partial charge in [-0.25, -0.2) is 9.59 Å². The number of hydrogen-bond donors (Lipinski definition) is 2. The molecule has 1 aliphatic rings. The lowest BCUT2D eigenvalue weighted by molar-refractivity contribution is -0.105. The van der Waals surface area contributed by atoms with Gasteiger partial charge in [-0.3, -0.25) is 0 Å². The molecule has 0 unspecified atom stereocenters. The Morgan fingerprint density at radius 3 is 1.81 bits per heavy atom. The van der Waals surface area contributed by atoms with Crippen molar-refractivity contribution in [2.75, 3.05) is 0 Å². The molecule has 0 amide bonds. The highest BCUT2D eigenvalue weighted by Gasteiger charge is 2.42. The van der Waals surface area contributed by atoms with Crippen LogP contribution in [0.1, 0.15) is 27.6 Å². The maximum absolute atomic E-state index is 12.4. The summed E-state index contributed by atoms with van der Waals surface area (Å²) >= 11 is 0. The summed E-state index contributed by atoms with van der Waals surface area (Å²) in [6, 6.07) is 16.6. The van der Waals surface area contributed by atoms with Crippen molar-refractivity contribution in [3.8, 4) is 0 Å². The summed E-state index contributed by atoms with van der Waals surface area (Å²) < 4.78 is 10.8. The predicted molar refractivity (Wildman–Crippen MR) is 97.1 cm³/mol. The van der Waals surface area contributed by atoms with E-state index < -0.39 is 36.4 Å². The zero-order chi connectivity index (χ0) is 19.4. The number of benzene rings is 2. The van der Waals surface area contributed by atoms with E-state index in [1.165, 1.54) is 6.08 Å². The van der Waals surface area contributed by atoms with Gasteiger partial charge in [0, 0.05) is 0 Å². The molecular formula is C21H20O6. The topological polar surface area (TPSA) is 93.1 Å². The van der Waals surface area contributed by atoms with Crippen molar-refractivity contribution in [3.63, 3.8) is 0 Å². The molecule has 0 fully saturated rings. The summed E-state index contributed by atoms with van der Waals surface area (Å²) in [5, 5.41) is 20.5. The Labute approximate surface area is 156 Å². The number of carbonyl (C=O) groups excluding carboxylic acids is 2. The van der Waals surface area contributed by atoms with Crippen LogP contribution in [0.2, 0.25) is 0 Å². The molecule has 2 aromatic rings. The lowest BCUT2D eigenvalue weighted by Gasteiger charge is -2.35. The van der Waals surface area contributed by atoms with Crippen molar-refractivity contribution in [1.82, 2.24) is 0 Å². The van der Waals surface area contributed by atoms with E-state index in [-0.39, 0.29) is 0 Å². The highest BCUT2D eigenvalue weighted by atomic mass is 16.6. The molecule has 0 saturated heterocycles. The van der Waals surface area contributed by atoms with Gasteiger partial charge in [-0.15, -0.1) is 0 Å². The Morgan fingerprint density at radius 2 is 1.30 bits per heavy atom. The van der Waals surface area contributed by atoms with Gasteiger partial charge in [-0.05, 0) is 42.8 Å². The molecule has 6 heteroatoms. The van der Waals surface area contributed by atoms with E-state index in [1.54, 1.807) is 67.6 Å². The summed E-state index contributed by atoms with van der Waals surface area (Å²) in [4.78, 5) is 24.7. The number of ether oxygens (including phenoxy) is 2. The van der Waals surface area contributed by atoms with Crippen LogP contribution < -0.4 is 0 Å². The molecule has 3 rings (SSSR count). The molecule has 2 N–H and O–H groups in total. The first-order valence-corrected chi connectivity index (χ1v) is 8.54. The van der Waals surface area contributed by atoms with Gasteiger partial charge in [0.2, 0.25) is 0 Å². The van der Waals surface area contributed by atoms with E-state index in [1.807, 2.05) is 0 Å². The van der Waals surface area contributed by atoms with E-state index in [0.717, 1.165) is 0 Å². The second kappa shape index (κ2) is 8.16. The van der Waals surface area contributed by atoms with Gasteiger partial charge in [0.25, 0.3) is 0 Å². The molecule has 0 aliphatic heterocycles. The van der Waals surface area contributed by atoms with E-state index in [9.17, 15) is 19.8 Å². The maximum atomic E-state index is 12.4. The van der Waals surface area contributed by atoms with Gasteiger partial charge >= 0.3 is 11.9 Å². The van der Waals surface area contributed by atoms with Crippen LogP contribution in [0.5, 0.6) is 0 Å². The number of hydrogen-bond acceptors (Lipinski definition) is 6. The average molecular weight is 368 g/mol. The molecule has 0 spiro atoms. The van der Waals surface area contributed by atoms with Crippen LogP contribution in [0.15, 0.2) is 72.3 Å². The fraction of sp³-hybridized carbons (Fsp3) is 0.238. The highest BCUT2D eigenvalue weighted by Crippen LogP contribution is 2.26. The smallest absolute Gasteiger partial charge is 0.338 e. The van der Waals surface area contributed by atoms with Crippen LogP contribution in [-0.2, 0) is 9.47 Å². The van der Waals surface area contributed by atoms with Gasteiger partial charge in [-0.2, -0.15) is 0 Å². The predicted octanol–water partition coefficient (Wildman–Crippen LogP) is 2.12. The summed E-state index contributed by atoms with van der Waals surface area (Å²) in [7, 11) is 0. The van der Waals surface area contributed by atoms with Crippen LogP contribution in [-0.4, -0.2) is 46.6 Å². The number of rotatable bonds is 4. The first-order valence-electron chi connectivity index (χ1n) is 8.54. The van der Waals surface area contributed by atoms with E-state index in [4.69, 9.17) is 9.47 Å². The molecule has 1 aliphatic carbocycles. The summed E-state index contributed by atoms with van der Waals surface area (Å²) in [6.45, 7) is 1.60. The number of aliphatic hydroxyl groups excluding tert-OH is 2. The van der Waals surface area contributed by atoms with Gasteiger partial charge in [-0.1, -0.05) is 36.4 Å². The Bertz CT molecular complexity index is 830. The molecule has 27 heavy (non-hydrogen) atoms. The van der Waals surface area contributed by atoms with Gasteiger partial charge in [0.1, 0.15) is 12.2 Å². The second-order valence-electron chi connectivity index (χ2n) is 6.32. The number of aliphatic hydroxyl groups is 2. The maximum Gasteiger partial charge on any atom is 0.338 e. The normalized spacial score (nSPS) is 24.6. The molecule has 4 atom stereocenters. The highest BCUT2D eigenvalue weighted by molar-refractivity contribution is 5.90. The summed E-state index contributed by atoms with van der Waals surface area (Å²) in [5.74, 6) is -1.30. The minimum Gasteiger partial charge on any atom is -0.452 e. The van der Waals surface area contributed by atoms with Gasteiger partial charge in [0.15, 0.2) is 12.2 Å². The summed E-state index contributed by atoms with van der Waals surface area (Å²) in [5.41, 5.74) is 1.05. The third-order valence-electron chi connectivity index (χ3n) is 4.38. The van der Waals surface area contributed by atoms with Crippen LogP contribution in [0, 0.1) is 0 Å². The fourth-order valence-electron chi connectivity index (χ4n) is 2.87. The Hall–Kier alpha value is -2.96. The van der Waals surface area contributed by atoms with Crippen molar-refractivity contribution in [2.24, 2.45) is 0 Å². The van der Waals surface area contributed by atoms with E-state index >= 15 is 0 Å².